The topological polar surface area (TPSA) is 57.0 Å². The Labute approximate surface area is 116 Å². The highest BCUT2D eigenvalue weighted by Gasteiger charge is 2.21. The van der Waals surface area contributed by atoms with E-state index in [-0.39, 0.29) is 5.78 Å². The molecule has 0 aliphatic heterocycles. The number of nitrogens with zero attached hydrogens (tertiary/aromatic N) is 3. The van der Waals surface area contributed by atoms with Crippen molar-refractivity contribution >= 4 is 17.4 Å². The molecule has 1 unspecified atom stereocenters. The molecule has 0 bridgehead atoms. The molecule has 6 heteroatoms. The summed E-state index contributed by atoms with van der Waals surface area (Å²) in [4.78, 5) is 12.2. The van der Waals surface area contributed by atoms with Crippen molar-refractivity contribution in [2.45, 2.75) is 26.5 Å². The van der Waals surface area contributed by atoms with Gasteiger partial charge in [-0.1, -0.05) is 22.9 Å². The predicted molar refractivity (Wildman–Crippen MR) is 71.6 cm³/mol. The fourth-order valence-electron chi connectivity index (χ4n) is 1.69. The number of ether oxygens (including phenoxy) is 1. The zero-order chi connectivity index (χ0) is 13.8. The molecule has 1 heterocycles. The first kappa shape index (κ1) is 13.5. The van der Waals surface area contributed by atoms with Gasteiger partial charge in [-0.25, -0.2) is 4.68 Å². The van der Waals surface area contributed by atoms with Crippen LogP contribution in [0.1, 0.15) is 24.3 Å². The van der Waals surface area contributed by atoms with E-state index in [2.05, 4.69) is 10.3 Å². The van der Waals surface area contributed by atoms with Crippen LogP contribution < -0.4 is 4.74 Å². The first-order valence-electron chi connectivity index (χ1n) is 5.96. The number of halogens is 1. The molecule has 0 saturated heterocycles. The van der Waals surface area contributed by atoms with Gasteiger partial charge in [0.25, 0.3) is 0 Å². The molecular formula is C13H14ClN3O2. The maximum Gasteiger partial charge on any atom is 0.222 e. The third-order valence-electron chi connectivity index (χ3n) is 2.65. The van der Waals surface area contributed by atoms with Gasteiger partial charge in [-0.3, -0.25) is 4.79 Å². The molecule has 2 rings (SSSR count). The van der Waals surface area contributed by atoms with E-state index >= 15 is 0 Å². The number of hydrogen-bond acceptors (Lipinski definition) is 4. The summed E-state index contributed by atoms with van der Waals surface area (Å²) >= 11 is 5.87. The molecule has 5 nitrogen and oxygen atoms in total. The lowest BCUT2D eigenvalue weighted by molar-refractivity contribution is 0.0806. The number of Topliss-reactive ketones (excluding diaryl/α,β-unsaturated/α-hetero) is 1. The molecule has 0 aliphatic rings. The highest BCUT2D eigenvalue weighted by molar-refractivity contribution is 6.30. The first-order chi connectivity index (χ1) is 9.11. The highest BCUT2D eigenvalue weighted by Crippen LogP contribution is 2.19. The summed E-state index contributed by atoms with van der Waals surface area (Å²) in [5.74, 6) is 0.399. The number of rotatable bonds is 5. The summed E-state index contributed by atoms with van der Waals surface area (Å²) in [6.45, 7) is 4.18. The number of hydrogen-bond donors (Lipinski definition) is 0. The van der Waals surface area contributed by atoms with Crippen LogP contribution in [0.15, 0.2) is 30.5 Å². The first-order valence-corrected chi connectivity index (χ1v) is 6.34. The number of carbonyl (C=O) groups excluding carboxylic acids is 1. The van der Waals surface area contributed by atoms with Crippen LogP contribution in [0.3, 0.4) is 0 Å². The van der Waals surface area contributed by atoms with Crippen molar-refractivity contribution in [2.75, 3.05) is 0 Å². The van der Waals surface area contributed by atoms with Crippen LogP contribution in [0.25, 0.3) is 0 Å². The average Bonchev–Trinajstić information content (AvgIpc) is 2.86. The summed E-state index contributed by atoms with van der Waals surface area (Å²) in [6, 6.07) is 6.94. The minimum atomic E-state index is -0.623. The van der Waals surface area contributed by atoms with Crippen LogP contribution in [-0.2, 0) is 6.54 Å². The van der Waals surface area contributed by atoms with E-state index in [0.717, 1.165) is 0 Å². The van der Waals surface area contributed by atoms with Gasteiger partial charge in [-0.2, -0.15) is 0 Å². The number of aryl methyl sites for hydroxylation is 1. The molecule has 0 spiro atoms. The Hall–Kier alpha value is -1.88. The fraction of sp³-hybridized carbons (Fsp3) is 0.308. The van der Waals surface area contributed by atoms with Crippen molar-refractivity contribution in [1.82, 2.24) is 15.0 Å². The normalized spacial score (nSPS) is 12.2. The summed E-state index contributed by atoms with van der Waals surface area (Å²) < 4.78 is 7.12. The lowest BCUT2D eigenvalue weighted by atomic mass is 10.2. The number of ketones is 1. The molecule has 100 valence electrons. The van der Waals surface area contributed by atoms with E-state index in [4.69, 9.17) is 16.3 Å². The second-order valence-electron chi connectivity index (χ2n) is 4.02. The second-order valence-corrected chi connectivity index (χ2v) is 4.45. The van der Waals surface area contributed by atoms with Gasteiger partial charge < -0.3 is 4.74 Å². The SMILES string of the molecule is CCn1nncc1C(=O)C(C)Oc1cccc(Cl)c1. The van der Waals surface area contributed by atoms with E-state index in [0.29, 0.717) is 23.0 Å². The predicted octanol–water partition coefficient (Wildman–Crippen LogP) is 2.60. The van der Waals surface area contributed by atoms with Gasteiger partial charge in [0.05, 0.1) is 6.20 Å². The van der Waals surface area contributed by atoms with Crippen molar-refractivity contribution in [1.29, 1.82) is 0 Å². The standard InChI is InChI=1S/C13H14ClN3O2/c1-3-17-12(8-15-16-17)13(18)9(2)19-11-6-4-5-10(14)7-11/h4-9H,3H2,1-2H3. The van der Waals surface area contributed by atoms with Crippen molar-refractivity contribution in [3.63, 3.8) is 0 Å². The van der Waals surface area contributed by atoms with Gasteiger partial charge in [-0.05, 0) is 32.0 Å². The van der Waals surface area contributed by atoms with E-state index in [1.807, 2.05) is 6.92 Å². The molecule has 0 saturated carbocycles. The van der Waals surface area contributed by atoms with Crippen LogP contribution in [0.2, 0.25) is 5.02 Å². The van der Waals surface area contributed by atoms with Crippen LogP contribution in [0.5, 0.6) is 5.75 Å². The van der Waals surface area contributed by atoms with E-state index < -0.39 is 6.10 Å². The minimum absolute atomic E-state index is 0.160. The van der Waals surface area contributed by atoms with Crippen molar-refractivity contribution in [2.24, 2.45) is 0 Å². The summed E-state index contributed by atoms with van der Waals surface area (Å²) in [6.07, 6.45) is 0.825. The van der Waals surface area contributed by atoms with E-state index in [1.54, 1.807) is 35.9 Å². The smallest absolute Gasteiger partial charge is 0.222 e. The van der Waals surface area contributed by atoms with Crippen LogP contribution in [-0.4, -0.2) is 26.9 Å². The number of aromatic nitrogens is 3. The fourth-order valence-corrected chi connectivity index (χ4v) is 1.87. The molecule has 1 atom stereocenters. The molecule has 19 heavy (non-hydrogen) atoms. The van der Waals surface area contributed by atoms with E-state index in [9.17, 15) is 4.79 Å². The Balaban J connectivity index is 2.12. The zero-order valence-corrected chi connectivity index (χ0v) is 11.5. The Morgan fingerprint density at radius 3 is 3.00 bits per heavy atom. The molecule has 1 aromatic heterocycles. The molecule has 1 aromatic carbocycles. The summed E-state index contributed by atoms with van der Waals surface area (Å²) in [5.41, 5.74) is 0.442. The summed E-state index contributed by atoms with van der Waals surface area (Å²) in [5, 5.41) is 8.13. The Bertz CT molecular complexity index is 583. The van der Waals surface area contributed by atoms with Gasteiger partial charge in [0, 0.05) is 11.6 Å². The van der Waals surface area contributed by atoms with E-state index in [1.165, 1.54) is 6.20 Å². The zero-order valence-electron chi connectivity index (χ0n) is 10.7. The largest absolute Gasteiger partial charge is 0.482 e. The minimum Gasteiger partial charge on any atom is -0.482 e. The Morgan fingerprint density at radius 2 is 2.32 bits per heavy atom. The quantitative estimate of drug-likeness (QED) is 0.790. The van der Waals surface area contributed by atoms with Crippen molar-refractivity contribution in [3.05, 3.63) is 41.2 Å². The molecular weight excluding hydrogens is 266 g/mol. The third kappa shape index (κ3) is 3.12. The van der Waals surface area contributed by atoms with Crippen molar-refractivity contribution < 1.29 is 9.53 Å². The van der Waals surface area contributed by atoms with Gasteiger partial charge in [-0.15, -0.1) is 5.10 Å². The second kappa shape index (κ2) is 5.84. The van der Waals surface area contributed by atoms with Gasteiger partial charge in [0.2, 0.25) is 5.78 Å². The average molecular weight is 280 g/mol. The van der Waals surface area contributed by atoms with Crippen molar-refractivity contribution in [3.8, 4) is 5.75 Å². The van der Waals surface area contributed by atoms with Gasteiger partial charge in [0.15, 0.2) is 6.10 Å². The Kier molecular flexibility index (Phi) is 4.16. The molecule has 2 aromatic rings. The van der Waals surface area contributed by atoms with Crippen LogP contribution in [0.4, 0.5) is 0 Å². The molecule has 0 fully saturated rings. The number of carbonyl (C=O) groups is 1. The molecule has 0 aliphatic carbocycles. The molecule has 0 amide bonds. The number of benzene rings is 1. The van der Waals surface area contributed by atoms with Gasteiger partial charge >= 0.3 is 0 Å². The van der Waals surface area contributed by atoms with Crippen LogP contribution in [0, 0.1) is 0 Å². The van der Waals surface area contributed by atoms with Gasteiger partial charge in [0.1, 0.15) is 11.4 Å². The lowest BCUT2D eigenvalue weighted by Gasteiger charge is -2.13. The van der Waals surface area contributed by atoms with Crippen LogP contribution >= 0.6 is 11.6 Å². The highest BCUT2D eigenvalue weighted by atomic mass is 35.5. The third-order valence-corrected chi connectivity index (χ3v) is 2.88. The maximum atomic E-state index is 12.2. The Morgan fingerprint density at radius 1 is 1.53 bits per heavy atom. The lowest BCUT2D eigenvalue weighted by Crippen LogP contribution is -2.26. The monoisotopic (exact) mass is 279 g/mol. The molecule has 0 N–H and O–H groups in total. The maximum absolute atomic E-state index is 12.2. The molecule has 0 radical (unpaired) electrons. The summed E-state index contributed by atoms with van der Waals surface area (Å²) in [7, 11) is 0.